The van der Waals surface area contributed by atoms with Crippen molar-refractivity contribution in [3.63, 3.8) is 0 Å². The summed E-state index contributed by atoms with van der Waals surface area (Å²) in [5.41, 5.74) is 1.88. The van der Waals surface area contributed by atoms with E-state index in [0.29, 0.717) is 6.42 Å². The molecule has 0 bridgehead atoms. The van der Waals surface area contributed by atoms with E-state index in [1.165, 1.54) is 0 Å². The number of nitrogens with zero attached hydrogens (tertiary/aromatic N) is 4. The fourth-order valence-corrected chi connectivity index (χ4v) is 1.44. The molecule has 0 amide bonds. The molecule has 80 valence electrons. The van der Waals surface area contributed by atoms with Crippen LogP contribution in [0.25, 0.3) is 5.69 Å². The van der Waals surface area contributed by atoms with Crippen molar-refractivity contribution in [2.24, 2.45) is 0 Å². The maximum Gasteiger partial charge on any atom is 0.0856 e. The SMILES string of the molecule is N#CCCCc1cnn(-c2ccccc2)n1. The summed E-state index contributed by atoms with van der Waals surface area (Å²) >= 11 is 0. The van der Waals surface area contributed by atoms with E-state index in [-0.39, 0.29) is 0 Å². The molecule has 4 heteroatoms. The van der Waals surface area contributed by atoms with Crippen LogP contribution >= 0.6 is 0 Å². The van der Waals surface area contributed by atoms with Gasteiger partial charge in [-0.15, -0.1) is 0 Å². The molecule has 2 rings (SSSR count). The van der Waals surface area contributed by atoms with E-state index >= 15 is 0 Å². The van der Waals surface area contributed by atoms with Crippen molar-refractivity contribution in [1.82, 2.24) is 15.0 Å². The second-order valence-electron chi connectivity index (χ2n) is 3.47. The first-order valence-electron chi connectivity index (χ1n) is 5.24. The number of aryl methyl sites for hydroxylation is 1. The molecule has 0 N–H and O–H groups in total. The fraction of sp³-hybridized carbons (Fsp3) is 0.250. The largest absolute Gasteiger partial charge is 0.198 e. The first-order valence-corrected chi connectivity index (χ1v) is 5.24. The van der Waals surface area contributed by atoms with Crippen LogP contribution in [0.4, 0.5) is 0 Å². The number of unbranched alkanes of at least 4 members (excludes halogenated alkanes) is 1. The Balaban J connectivity index is 2.06. The summed E-state index contributed by atoms with van der Waals surface area (Å²) in [7, 11) is 0. The number of benzene rings is 1. The number of hydrogen-bond donors (Lipinski definition) is 0. The molecule has 16 heavy (non-hydrogen) atoms. The molecule has 0 aliphatic heterocycles. The van der Waals surface area contributed by atoms with E-state index in [4.69, 9.17) is 5.26 Å². The minimum Gasteiger partial charge on any atom is -0.198 e. The van der Waals surface area contributed by atoms with Gasteiger partial charge in [-0.1, -0.05) is 18.2 Å². The van der Waals surface area contributed by atoms with Crippen LogP contribution in [0.15, 0.2) is 36.5 Å². The number of hydrogen-bond acceptors (Lipinski definition) is 3. The predicted octanol–water partition coefficient (Wildman–Crippen LogP) is 2.11. The molecule has 0 radical (unpaired) electrons. The van der Waals surface area contributed by atoms with Crippen molar-refractivity contribution in [3.8, 4) is 11.8 Å². The third-order valence-corrected chi connectivity index (χ3v) is 2.25. The zero-order valence-electron chi connectivity index (χ0n) is 8.87. The van der Waals surface area contributed by atoms with Gasteiger partial charge in [0.05, 0.1) is 23.6 Å². The molecule has 0 unspecified atom stereocenters. The highest BCUT2D eigenvalue weighted by molar-refractivity contribution is 5.28. The molecule has 0 spiro atoms. The van der Waals surface area contributed by atoms with Crippen LogP contribution in [0, 0.1) is 11.3 Å². The fourth-order valence-electron chi connectivity index (χ4n) is 1.44. The predicted molar refractivity (Wildman–Crippen MR) is 59.9 cm³/mol. The normalized spacial score (nSPS) is 9.94. The van der Waals surface area contributed by atoms with Gasteiger partial charge < -0.3 is 0 Å². The Bertz CT molecular complexity index is 481. The van der Waals surface area contributed by atoms with Gasteiger partial charge in [0.25, 0.3) is 0 Å². The van der Waals surface area contributed by atoms with E-state index in [1.807, 2.05) is 30.3 Å². The van der Waals surface area contributed by atoms with Crippen LogP contribution in [0.2, 0.25) is 0 Å². The topological polar surface area (TPSA) is 54.5 Å². The lowest BCUT2D eigenvalue weighted by Crippen LogP contribution is -1.98. The zero-order valence-corrected chi connectivity index (χ0v) is 8.87. The summed E-state index contributed by atoms with van der Waals surface area (Å²) in [4.78, 5) is 1.61. The molecular weight excluding hydrogens is 200 g/mol. The highest BCUT2D eigenvalue weighted by Crippen LogP contribution is 2.05. The highest BCUT2D eigenvalue weighted by Gasteiger charge is 2.01. The van der Waals surface area contributed by atoms with Crippen molar-refractivity contribution in [2.45, 2.75) is 19.3 Å². The third-order valence-electron chi connectivity index (χ3n) is 2.25. The lowest BCUT2D eigenvalue weighted by molar-refractivity contribution is 0.726. The van der Waals surface area contributed by atoms with Crippen molar-refractivity contribution in [2.75, 3.05) is 0 Å². The van der Waals surface area contributed by atoms with Crippen LogP contribution < -0.4 is 0 Å². The van der Waals surface area contributed by atoms with E-state index in [2.05, 4.69) is 16.3 Å². The second kappa shape index (κ2) is 5.08. The van der Waals surface area contributed by atoms with Gasteiger partial charge in [-0.05, 0) is 25.0 Å². The minimum atomic E-state index is 0.568. The van der Waals surface area contributed by atoms with Crippen molar-refractivity contribution in [1.29, 1.82) is 5.26 Å². The number of nitriles is 1. The summed E-state index contributed by atoms with van der Waals surface area (Å²) in [5, 5.41) is 17.0. The van der Waals surface area contributed by atoms with Gasteiger partial charge in [-0.2, -0.15) is 20.3 Å². The Morgan fingerprint density at radius 1 is 1.25 bits per heavy atom. The Hall–Kier alpha value is -2.15. The quantitative estimate of drug-likeness (QED) is 0.729. The van der Waals surface area contributed by atoms with Gasteiger partial charge in [0, 0.05) is 6.42 Å². The Kier molecular flexibility index (Phi) is 3.29. The summed E-state index contributed by atoms with van der Waals surface area (Å²) in [6.45, 7) is 0. The average Bonchev–Trinajstić information content (AvgIpc) is 2.79. The van der Waals surface area contributed by atoms with E-state index in [0.717, 1.165) is 24.2 Å². The summed E-state index contributed by atoms with van der Waals surface area (Å²) in [6, 6.07) is 11.9. The molecular formula is C12H12N4. The molecule has 0 aliphatic carbocycles. The maximum absolute atomic E-state index is 8.44. The molecule has 0 fully saturated rings. The summed E-state index contributed by atoms with van der Waals surface area (Å²) < 4.78 is 0. The van der Waals surface area contributed by atoms with E-state index in [1.54, 1.807) is 11.0 Å². The first-order chi connectivity index (χ1) is 7.90. The van der Waals surface area contributed by atoms with Crippen molar-refractivity contribution < 1.29 is 0 Å². The van der Waals surface area contributed by atoms with Crippen LogP contribution in [-0.4, -0.2) is 15.0 Å². The number of para-hydroxylation sites is 1. The van der Waals surface area contributed by atoms with Gasteiger partial charge in [0.15, 0.2) is 0 Å². The van der Waals surface area contributed by atoms with Gasteiger partial charge in [0.1, 0.15) is 0 Å². The first kappa shape index (κ1) is 10.4. The minimum absolute atomic E-state index is 0.568. The monoisotopic (exact) mass is 212 g/mol. The van der Waals surface area contributed by atoms with Crippen LogP contribution in [0.5, 0.6) is 0 Å². The molecule has 1 heterocycles. The van der Waals surface area contributed by atoms with Gasteiger partial charge in [-0.25, -0.2) is 0 Å². The molecule has 0 aliphatic rings. The Morgan fingerprint density at radius 2 is 2.06 bits per heavy atom. The van der Waals surface area contributed by atoms with Crippen LogP contribution in [-0.2, 0) is 6.42 Å². The smallest absolute Gasteiger partial charge is 0.0856 e. The van der Waals surface area contributed by atoms with Gasteiger partial charge in [-0.3, -0.25) is 0 Å². The molecule has 1 aromatic heterocycles. The lowest BCUT2D eigenvalue weighted by atomic mass is 10.2. The second-order valence-corrected chi connectivity index (χ2v) is 3.47. The number of aromatic nitrogens is 3. The third kappa shape index (κ3) is 2.45. The van der Waals surface area contributed by atoms with Gasteiger partial charge in [0.2, 0.25) is 0 Å². The van der Waals surface area contributed by atoms with Crippen molar-refractivity contribution >= 4 is 0 Å². The highest BCUT2D eigenvalue weighted by atomic mass is 15.5. The lowest BCUT2D eigenvalue weighted by Gasteiger charge is -1.97. The number of rotatable bonds is 4. The Morgan fingerprint density at radius 3 is 2.81 bits per heavy atom. The van der Waals surface area contributed by atoms with Crippen LogP contribution in [0.3, 0.4) is 0 Å². The standard InChI is InChI=1S/C12H12N4/c13-9-5-4-6-11-10-14-16(15-11)12-7-2-1-3-8-12/h1-3,7-8,10H,4-6H2. The molecule has 1 aromatic carbocycles. The van der Waals surface area contributed by atoms with E-state index in [9.17, 15) is 0 Å². The summed E-state index contributed by atoms with van der Waals surface area (Å²) in [6.07, 6.45) is 3.97. The molecule has 0 saturated heterocycles. The molecule has 4 nitrogen and oxygen atoms in total. The Labute approximate surface area is 94.1 Å². The molecule has 2 aromatic rings. The van der Waals surface area contributed by atoms with Crippen molar-refractivity contribution in [3.05, 3.63) is 42.2 Å². The zero-order chi connectivity index (χ0) is 11.2. The summed E-state index contributed by atoms with van der Waals surface area (Å²) in [5.74, 6) is 0. The van der Waals surface area contributed by atoms with Crippen LogP contribution in [0.1, 0.15) is 18.5 Å². The van der Waals surface area contributed by atoms with Gasteiger partial charge >= 0.3 is 0 Å². The maximum atomic E-state index is 8.44. The molecule has 0 atom stereocenters. The average molecular weight is 212 g/mol. The molecule has 0 saturated carbocycles. The van der Waals surface area contributed by atoms with E-state index < -0.39 is 0 Å².